The highest BCUT2D eigenvalue weighted by atomic mass is 79.9. The van der Waals surface area contributed by atoms with Crippen LogP contribution in [-0.4, -0.2) is 18.4 Å². The molecule has 0 unspecified atom stereocenters. The van der Waals surface area contributed by atoms with E-state index in [-0.39, 0.29) is 0 Å². The van der Waals surface area contributed by atoms with E-state index in [2.05, 4.69) is 57.2 Å². The molecule has 1 heterocycles. The molecule has 1 aliphatic rings. The minimum absolute atomic E-state index is 0.918. The first-order valence-corrected chi connectivity index (χ1v) is 6.60. The zero-order valence-electron chi connectivity index (χ0n) is 8.82. The van der Waals surface area contributed by atoms with Crippen molar-refractivity contribution in [2.24, 2.45) is 0 Å². The van der Waals surface area contributed by atoms with Gasteiger partial charge >= 0.3 is 0 Å². The molecular weight excluding hydrogens is 250 g/mol. The summed E-state index contributed by atoms with van der Waals surface area (Å²) >= 11 is 3.38. The van der Waals surface area contributed by atoms with Gasteiger partial charge in [0.2, 0.25) is 0 Å². The maximum Gasteiger partial charge on any atom is 0.0366 e. The van der Waals surface area contributed by atoms with Crippen molar-refractivity contribution in [1.82, 2.24) is 0 Å². The maximum atomic E-state index is 3.38. The summed E-state index contributed by atoms with van der Waals surface area (Å²) in [5.41, 5.74) is 2.64. The van der Waals surface area contributed by atoms with E-state index in [1.165, 1.54) is 37.2 Å². The van der Waals surface area contributed by atoms with Crippen LogP contribution in [-0.2, 0) is 0 Å². The fourth-order valence-corrected chi connectivity index (χ4v) is 2.14. The van der Waals surface area contributed by atoms with Gasteiger partial charge in [0.25, 0.3) is 0 Å². The molecule has 0 aromatic heterocycles. The Balaban J connectivity index is 2.06. The Hall–Kier alpha value is -0.760. The average molecular weight is 266 g/mol. The number of hydrogen-bond donors (Lipinski definition) is 0. The highest BCUT2D eigenvalue weighted by Crippen LogP contribution is 2.20. The van der Waals surface area contributed by atoms with Crippen molar-refractivity contribution in [2.45, 2.75) is 12.8 Å². The molecule has 1 saturated heterocycles. The Morgan fingerprint density at radius 2 is 1.80 bits per heavy atom. The normalized spacial score (nSPS) is 16.5. The monoisotopic (exact) mass is 265 g/mol. The SMILES string of the molecule is BrCC=Cc1ccc(N2CCCC2)cc1. The lowest BCUT2D eigenvalue weighted by molar-refractivity contribution is 0.949. The van der Waals surface area contributed by atoms with Crippen molar-refractivity contribution < 1.29 is 0 Å². The lowest BCUT2D eigenvalue weighted by atomic mass is 10.2. The van der Waals surface area contributed by atoms with E-state index in [1.807, 2.05) is 0 Å². The number of anilines is 1. The van der Waals surface area contributed by atoms with Gasteiger partial charge in [0.05, 0.1) is 0 Å². The summed E-state index contributed by atoms with van der Waals surface area (Å²) in [6.45, 7) is 2.44. The largest absolute Gasteiger partial charge is 0.372 e. The third-order valence-electron chi connectivity index (χ3n) is 2.76. The third kappa shape index (κ3) is 2.85. The van der Waals surface area contributed by atoms with Crippen LogP contribution in [0.3, 0.4) is 0 Å². The number of halogens is 1. The zero-order chi connectivity index (χ0) is 10.5. The first-order chi connectivity index (χ1) is 7.40. The molecular formula is C13H16BrN. The number of allylic oxidation sites excluding steroid dienone is 1. The van der Waals surface area contributed by atoms with Crippen LogP contribution in [0.25, 0.3) is 6.08 Å². The van der Waals surface area contributed by atoms with Gasteiger partial charge in [0.1, 0.15) is 0 Å². The lowest BCUT2D eigenvalue weighted by Gasteiger charge is -2.17. The van der Waals surface area contributed by atoms with Gasteiger partial charge in [-0.15, -0.1) is 0 Å². The van der Waals surface area contributed by atoms with Gasteiger partial charge in [-0.3, -0.25) is 0 Å². The van der Waals surface area contributed by atoms with Gasteiger partial charge < -0.3 is 4.90 Å². The lowest BCUT2D eigenvalue weighted by Crippen LogP contribution is -2.17. The van der Waals surface area contributed by atoms with E-state index in [0.717, 1.165) is 5.33 Å². The molecule has 0 aliphatic carbocycles. The molecule has 1 aromatic carbocycles. The van der Waals surface area contributed by atoms with Crippen LogP contribution in [0.1, 0.15) is 18.4 Å². The fraction of sp³-hybridized carbons (Fsp3) is 0.385. The van der Waals surface area contributed by atoms with Crippen LogP contribution < -0.4 is 4.90 Å². The van der Waals surface area contributed by atoms with Gasteiger partial charge in [0.15, 0.2) is 0 Å². The molecule has 0 spiro atoms. The molecule has 2 rings (SSSR count). The molecule has 0 saturated carbocycles. The summed E-state index contributed by atoms with van der Waals surface area (Å²) < 4.78 is 0. The van der Waals surface area contributed by atoms with Crippen LogP contribution in [0.5, 0.6) is 0 Å². The highest BCUT2D eigenvalue weighted by Gasteiger charge is 2.11. The van der Waals surface area contributed by atoms with Crippen molar-refractivity contribution >= 4 is 27.7 Å². The zero-order valence-corrected chi connectivity index (χ0v) is 10.4. The predicted octanol–water partition coefficient (Wildman–Crippen LogP) is 3.69. The number of alkyl halides is 1. The second-order valence-electron chi connectivity index (χ2n) is 3.84. The molecule has 1 nitrogen and oxygen atoms in total. The molecule has 0 amide bonds. The summed E-state index contributed by atoms with van der Waals surface area (Å²) in [4.78, 5) is 2.46. The molecule has 0 N–H and O–H groups in total. The Morgan fingerprint density at radius 3 is 2.40 bits per heavy atom. The molecule has 1 aliphatic heterocycles. The molecule has 0 radical (unpaired) electrons. The summed E-state index contributed by atoms with van der Waals surface area (Å²) in [5.74, 6) is 0. The first-order valence-electron chi connectivity index (χ1n) is 5.47. The average Bonchev–Trinajstić information content (AvgIpc) is 2.80. The second-order valence-corrected chi connectivity index (χ2v) is 4.49. The summed E-state index contributed by atoms with van der Waals surface area (Å²) in [7, 11) is 0. The summed E-state index contributed by atoms with van der Waals surface area (Å²) in [5, 5.41) is 0.918. The molecule has 0 atom stereocenters. The molecule has 1 aromatic rings. The smallest absolute Gasteiger partial charge is 0.0366 e. The van der Waals surface area contributed by atoms with Crippen LogP contribution in [0.4, 0.5) is 5.69 Å². The minimum Gasteiger partial charge on any atom is -0.372 e. The van der Waals surface area contributed by atoms with Crippen molar-refractivity contribution in [3.05, 3.63) is 35.9 Å². The molecule has 0 bridgehead atoms. The summed E-state index contributed by atoms with van der Waals surface area (Å²) in [6, 6.07) is 8.82. The third-order valence-corrected chi connectivity index (χ3v) is 3.14. The molecule has 80 valence electrons. The highest BCUT2D eigenvalue weighted by molar-refractivity contribution is 9.09. The fourth-order valence-electron chi connectivity index (χ4n) is 1.95. The van der Waals surface area contributed by atoms with Gasteiger partial charge in [-0.05, 0) is 30.5 Å². The topological polar surface area (TPSA) is 3.24 Å². The van der Waals surface area contributed by atoms with Crippen molar-refractivity contribution in [3.8, 4) is 0 Å². The van der Waals surface area contributed by atoms with E-state index >= 15 is 0 Å². The van der Waals surface area contributed by atoms with Gasteiger partial charge in [-0.1, -0.05) is 40.2 Å². The van der Waals surface area contributed by atoms with E-state index in [4.69, 9.17) is 0 Å². The standard InChI is InChI=1S/C13H16BrN/c14-9-3-4-12-5-7-13(8-6-12)15-10-1-2-11-15/h3-8H,1-2,9-11H2. The Labute approximate surface area is 99.9 Å². The first kappa shape index (κ1) is 10.7. The summed E-state index contributed by atoms with van der Waals surface area (Å²) in [6.07, 6.45) is 6.93. The maximum absolute atomic E-state index is 3.38. The molecule has 15 heavy (non-hydrogen) atoms. The Morgan fingerprint density at radius 1 is 1.13 bits per heavy atom. The van der Waals surface area contributed by atoms with Gasteiger partial charge in [-0.2, -0.15) is 0 Å². The van der Waals surface area contributed by atoms with E-state index in [9.17, 15) is 0 Å². The van der Waals surface area contributed by atoms with Crippen LogP contribution in [0, 0.1) is 0 Å². The van der Waals surface area contributed by atoms with Gasteiger partial charge in [-0.25, -0.2) is 0 Å². The van der Waals surface area contributed by atoms with Crippen LogP contribution in [0.15, 0.2) is 30.3 Å². The van der Waals surface area contributed by atoms with Crippen molar-refractivity contribution in [1.29, 1.82) is 0 Å². The number of rotatable bonds is 3. The van der Waals surface area contributed by atoms with Crippen molar-refractivity contribution in [3.63, 3.8) is 0 Å². The van der Waals surface area contributed by atoms with E-state index in [0.29, 0.717) is 0 Å². The molecule has 2 heteroatoms. The quantitative estimate of drug-likeness (QED) is 0.754. The molecule has 1 fully saturated rings. The number of nitrogens with zero attached hydrogens (tertiary/aromatic N) is 1. The van der Waals surface area contributed by atoms with Crippen LogP contribution >= 0.6 is 15.9 Å². The Bertz CT molecular complexity index is 323. The second kappa shape index (κ2) is 5.36. The number of benzene rings is 1. The number of hydrogen-bond acceptors (Lipinski definition) is 1. The minimum atomic E-state index is 0.918. The van der Waals surface area contributed by atoms with Gasteiger partial charge in [0, 0.05) is 24.1 Å². The van der Waals surface area contributed by atoms with E-state index < -0.39 is 0 Å². The van der Waals surface area contributed by atoms with E-state index in [1.54, 1.807) is 0 Å². The Kier molecular flexibility index (Phi) is 3.84. The van der Waals surface area contributed by atoms with Crippen LogP contribution in [0.2, 0.25) is 0 Å². The van der Waals surface area contributed by atoms with Crippen molar-refractivity contribution in [2.75, 3.05) is 23.3 Å². The predicted molar refractivity (Wildman–Crippen MR) is 70.7 cm³/mol.